The zero-order valence-corrected chi connectivity index (χ0v) is 19.4. The minimum absolute atomic E-state index is 0.102. The first kappa shape index (κ1) is 24.0. The number of likely N-dealkylation sites (tertiary alicyclic amines) is 1. The van der Waals surface area contributed by atoms with E-state index in [1.165, 1.54) is 38.8 Å². The molecule has 0 unspecified atom stereocenters. The Morgan fingerprint density at radius 3 is 2.50 bits per heavy atom. The topological polar surface area (TPSA) is 89.1 Å². The first-order valence-electron chi connectivity index (χ1n) is 12.0. The molecule has 1 aromatic carbocycles. The van der Waals surface area contributed by atoms with E-state index in [-0.39, 0.29) is 18.4 Å². The predicted molar refractivity (Wildman–Crippen MR) is 128 cm³/mol. The normalized spacial score (nSPS) is 18.1. The molecule has 3 N–H and O–H groups in total. The van der Waals surface area contributed by atoms with Gasteiger partial charge in [-0.15, -0.1) is 0 Å². The van der Waals surface area contributed by atoms with Crippen LogP contribution in [0.3, 0.4) is 0 Å². The Balaban J connectivity index is 1.45. The summed E-state index contributed by atoms with van der Waals surface area (Å²) in [5.74, 6) is 0.614. The molecule has 0 spiro atoms. The lowest BCUT2D eigenvalue weighted by Crippen LogP contribution is -2.49. The van der Waals surface area contributed by atoms with E-state index in [1.807, 2.05) is 24.3 Å². The Hall–Kier alpha value is -2.61. The van der Waals surface area contributed by atoms with Gasteiger partial charge < -0.3 is 25.8 Å². The molecule has 8 heteroatoms. The van der Waals surface area contributed by atoms with Crippen molar-refractivity contribution in [2.75, 3.05) is 52.4 Å². The van der Waals surface area contributed by atoms with E-state index >= 15 is 0 Å². The molecule has 0 saturated carbocycles. The van der Waals surface area contributed by atoms with Crippen LogP contribution < -0.4 is 16.0 Å². The number of rotatable bonds is 8. The maximum atomic E-state index is 12.6. The molecule has 0 atom stereocenters. The fourth-order valence-corrected chi connectivity index (χ4v) is 4.13. The van der Waals surface area contributed by atoms with Crippen LogP contribution in [0.1, 0.15) is 54.9 Å². The molecule has 0 aliphatic carbocycles. The average molecular weight is 443 g/mol. The lowest BCUT2D eigenvalue weighted by Gasteiger charge is -2.26. The Kier molecular flexibility index (Phi) is 9.81. The summed E-state index contributed by atoms with van der Waals surface area (Å²) in [4.78, 5) is 33.0. The Labute approximate surface area is 191 Å². The van der Waals surface area contributed by atoms with E-state index in [4.69, 9.17) is 0 Å². The zero-order chi connectivity index (χ0) is 22.6. The lowest BCUT2D eigenvalue weighted by molar-refractivity contribution is -0.123. The third kappa shape index (κ3) is 7.82. The predicted octanol–water partition coefficient (Wildman–Crippen LogP) is 1.58. The fraction of sp³-hybridized carbons (Fsp3) is 0.625. The molecule has 0 radical (unpaired) electrons. The van der Waals surface area contributed by atoms with E-state index < -0.39 is 0 Å². The van der Waals surface area contributed by atoms with Crippen molar-refractivity contribution in [3.05, 3.63) is 35.4 Å². The monoisotopic (exact) mass is 442 g/mol. The molecule has 2 fully saturated rings. The number of aliphatic imine (C=N–C) groups is 1. The van der Waals surface area contributed by atoms with Gasteiger partial charge in [0, 0.05) is 31.7 Å². The summed E-state index contributed by atoms with van der Waals surface area (Å²) in [7, 11) is 0. The largest absolute Gasteiger partial charge is 0.357 e. The maximum Gasteiger partial charge on any atom is 0.254 e. The van der Waals surface area contributed by atoms with Crippen LogP contribution in [-0.4, -0.2) is 79.9 Å². The molecule has 0 bridgehead atoms. The van der Waals surface area contributed by atoms with Gasteiger partial charge in [0.05, 0.1) is 13.1 Å². The molecule has 2 aliphatic rings. The van der Waals surface area contributed by atoms with Crippen LogP contribution in [0.15, 0.2) is 29.3 Å². The summed E-state index contributed by atoms with van der Waals surface area (Å²) in [6.45, 7) is 9.11. The van der Waals surface area contributed by atoms with Gasteiger partial charge in [0.1, 0.15) is 0 Å². The van der Waals surface area contributed by atoms with Crippen molar-refractivity contribution in [3.8, 4) is 0 Å². The fourth-order valence-electron chi connectivity index (χ4n) is 4.13. The number of benzene rings is 1. The number of piperazine rings is 1. The summed E-state index contributed by atoms with van der Waals surface area (Å²) in [6.07, 6.45) is 6.51. The highest BCUT2D eigenvalue weighted by atomic mass is 16.2. The third-order valence-corrected chi connectivity index (χ3v) is 5.93. The van der Waals surface area contributed by atoms with E-state index in [9.17, 15) is 9.59 Å². The number of nitrogens with one attached hydrogen (secondary N) is 3. The standard InChI is InChI=1S/C24H38N6O2/c1-2-25-24(27-12-7-16-29-14-5-3-4-6-15-29)28-18-20-8-10-21(11-9-20)23(32)30-17-13-26-22(31)19-30/h8-11H,2-7,12-19H2,1H3,(H,26,31)(H2,25,27,28). The van der Waals surface area contributed by atoms with Gasteiger partial charge in [-0.05, 0) is 63.5 Å². The molecule has 1 aromatic rings. The van der Waals surface area contributed by atoms with Crippen molar-refractivity contribution < 1.29 is 9.59 Å². The molecule has 0 aromatic heterocycles. The Morgan fingerprint density at radius 1 is 1.06 bits per heavy atom. The molecule has 2 aliphatic heterocycles. The number of nitrogens with zero attached hydrogens (tertiary/aromatic N) is 3. The van der Waals surface area contributed by atoms with Crippen LogP contribution in [-0.2, 0) is 11.3 Å². The minimum Gasteiger partial charge on any atom is -0.357 e. The molecule has 32 heavy (non-hydrogen) atoms. The molecule has 2 heterocycles. The van der Waals surface area contributed by atoms with Crippen molar-refractivity contribution in [1.82, 2.24) is 25.8 Å². The second kappa shape index (κ2) is 13.1. The number of amides is 2. The summed E-state index contributed by atoms with van der Waals surface area (Å²) >= 11 is 0. The van der Waals surface area contributed by atoms with E-state index in [2.05, 4.69) is 32.8 Å². The van der Waals surface area contributed by atoms with Crippen LogP contribution in [0.25, 0.3) is 0 Å². The van der Waals surface area contributed by atoms with Crippen molar-refractivity contribution in [2.45, 2.75) is 45.6 Å². The highest BCUT2D eigenvalue weighted by Crippen LogP contribution is 2.11. The molecular weight excluding hydrogens is 404 g/mol. The molecular formula is C24H38N6O2. The minimum atomic E-state index is -0.106. The van der Waals surface area contributed by atoms with E-state index in [0.29, 0.717) is 25.2 Å². The maximum absolute atomic E-state index is 12.6. The highest BCUT2D eigenvalue weighted by molar-refractivity contribution is 5.97. The smallest absolute Gasteiger partial charge is 0.254 e. The molecule has 3 rings (SSSR count). The molecule has 176 valence electrons. The van der Waals surface area contributed by atoms with Crippen LogP contribution in [0.2, 0.25) is 0 Å². The lowest BCUT2D eigenvalue weighted by atomic mass is 10.1. The Bertz CT molecular complexity index is 756. The molecule has 2 amide bonds. The van der Waals surface area contributed by atoms with Gasteiger partial charge in [-0.1, -0.05) is 25.0 Å². The zero-order valence-electron chi connectivity index (χ0n) is 19.4. The van der Waals surface area contributed by atoms with Gasteiger partial charge in [0.2, 0.25) is 5.91 Å². The number of hydrogen-bond donors (Lipinski definition) is 3. The van der Waals surface area contributed by atoms with Crippen LogP contribution in [0.5, 0.6) is 0 Å². The average Bonchev–Trinajstić information content (AvgIpc) is 3.09. The summed E-state index contributed by atoms with van der Waals surface area (Å²) in [5, 5.41) is 9.48. The van der Waals surface area contributed by atoms with Crippen molar-refractivity contribution in [3.63, 3.8) is 0 Å². The first-order valence-corrected chi connectivity index (χ1v) is 12.0. The molecule has 8 nitrogen and oxygen atoms in total. The first-order chi connectivity index (χ1) is 15.7. The van der Waals surface area contributed by atoms with Gasteiger partial charge in [-0.3, -0.25) is 9.59 Å². The van der Waals surface area contributed by atoms with Gasteiger partial charge in [0.25, 0.3) is 5.91 Å². The summed E-state index contributed by atoms with van der Waals surface area (Å²) in [5.41, 5.74) is 1.64. The quantitative estimate of drug-likeness (QED) is 0.323. The van der Waals surface area contributed by atoms with Gasteiger partial charge in [-0.25, -0.2) is 4.99 Å². The molecule has 2 saturated heterocycles. The SMILES string of the molecule is CCNC(=NCc1ccc(C(=O)N2CCNC(=O)C2)cc1)NCCCN1CCCCCC1. The van der Waals surface area contributed by atoms with Crippen molar-refractivity contribution >= 4 is 17.8 Å². The summed E-state index contributed by atoms with van der Waals surface area (Å²) in [6, 6.07) is 7.51. The van der Waals surface area contributed by atoms with E-state index in [0.717, 1.165) is 37.6 Å². The number of carbonyl (C=O) groups excluding carboxylic acids is 2. The van der Waals surface area contributed by atoms with E-state index in [1.54, 1.807) is 4.90 Å². The number of carbonyl (C=O) groups is 2. The summed E-state index contributed by atoms with van der Waals surface area (Å²) < 4.78 is 0. The highest BCUT2D eigenvalue weighted by Gasteiger charge is 2.22. The van der Waals surface area contributed by atoms with Gasteiger partial charge in [-0.2, -0.15) is 0 Å². The second-order valence-electron chi connectivity index (χ2n) is 8.50. The van der Waals surface area contributed by atoms with Crippen molar-refractivity contribution in [2.24, 2.45) is 4.99 Å². The van der Waals surface area contributed by atoms with Crippen LogP contribution in [0.4, 0.5) is 0 Å². The third-order valence-electron chi connectivity index (χ3n) is 5.93. The van der Waals surface area contributed by atoms with Gasteiger partial charge >= 0.3 is 0 Å². The number of hydrogen-bond acceptors (Lipinski definition) is 4. The Morgan fingerprint density at radius 2 is 1.81 bits per heavy atom. The second-order valence-corrected chi connectivity index (χ2v) is 8.50. The van der Waals surface area contributed by atoms with Gasteiger partial charge in [0.15, 0.2) is 5.96 Å². The van der Waals surface area contributed by atoms with Crippen LogP contribution >= 0.6 is 0 Å². The van der Waals surface area contributed by atoms with Crippen LogP contribution in [0, 0.1) is 0 Å². The van der Waals surface area contributed by atoms with Crippen molar-refractivity contribution in [1.29, 1.82) is 0 Å². The number of guanidine groups is 1.